The quantitative estimate of drug-likeness (QED) is 0.210. The van der Waals surface area contributed by atoms with Gasteiger partial charge >= 0.3 is 0 Å². The van der Waals surface area contributed by atoms with Crippen LogP contribution in [0.3, 0.4) is 0 Å². The maximum absolute atomic E-state index is 8.78. The van der Waals surface area contributed by atoms with Crippen LogP contribution in [0.4, 0.5) is 0 Å². The predicted molar refractivity (Wildman–Crippen MR) is 89.6 cm³/mol. The topological polar surface area (TPSA) is 70.6 Å². The van der Waals surface area contributed by atoms with Crippen LogP contribution in [0.25, 0.3) is 0 Å². The van der Waals surface area contributed by atoms with Gasteiger partial charge in [-0.25, -0.2) is 0 Å². The van der Waals surface area contributed by atoms with Crippen LogP contribution in [-0.4, -0.2) is 23.6 Å². The normalized spacial score (nSPS) is 24.5. The van der Waals surface area contributed by atoms with E-state index in [1.165, 1.54) is 25.7 Å². The smallest absolute Gasteiger partial charge is 0.144 e. The Kier molecular flexibility index (Phi) is 7.50. The zero-order valence-corrected chi connectivity index (χ0v) is 14.4. The van der Waals surface area contributed by atoms with E-state index in [1.807, 2.05) is 13.8 Å². The molecular weight excluding hydrogens is 262 g/mol. The minimum Gasteiger partial charge on any atom is -0.409 e. The molecule has 4 N–H and O–H groups in total. The number of rotatable bonds is 8. The number of amidine groups is 1. The van der Waals surface area contributed by atoms with Crippen molar-refractivity contribution in [3.63, 3.8) is 0 Å². The number of hydrogen-bond acceptors (Lipinski definition) is 3. The highest BCUT2D eigenvalue weighted by atomic mass is 16.4. The van der Waals surface area contributed by atoms with Crippen LogP contribution in [0, 0.1) is 17.3 Å². The standard InChI is InChI=1S/C17H35N3O/c1-13(2)14-9-5-6-10-15(14)19-12-8-7-11-17(3,4)16(18)20-21/h13-15,19,21H,5-12H2,1-4H3,(H2,18,20). The Morgan fingerprint density at radius 1 is 1.29 bits per heavy atom. The summed E-state index contributed by atoms with van der Waals surface area (Å²) in [5, 5.41) is 15.7. The highest BCUT2D eigenvalue weighted by molar-refractivity contribution is 5.85. The molecule has 0 aromatic carbocycles. The number of oxime groups is 1. The average molecular weight is 297 g/mol. The average Bonchev–Trinajstić information content (AvgIpc) is 2.46. The van der Waals surface area contributed by atoms with Gasteiger partial charge in [-0.2, -0.15) is 0 Å². The third-order valence-electron chi connectivity index (χ3n) is 5.11. The van der Waals surface area contributed by atoms with E-state index in [9.17, 15) is 0 Å². The van der Waals surface area contributed by atoms with Gasteiger partial charge in [0, 0.05) is 11.5 Å². The van der Waals surface area contributed by atoms with E-state index in [-0.39, 0.29) is 5.41 Å². The Bertz CT molecular complexity index is 326. The summed E-state index contributed by atoms with van der Waals surface area (Å²) in [6.07, 6.45) is 8.71. The number of hydrogen-bond donors (Lipinski definition) is 3. The number of nitrogens with zero attached hydrogens (tertiary/aromatic N) is 1. The van der Waals surface area contributed by atoms with Crippen LogP contribution >= 0.6 is 0 Å². The van der Waals surface area contributed by atoms with Gasteiger partial charge in [-0.15, -0.1) is 0 Å². The van der Waals surface area contributed by atoms with Crippen molar-refractivity contribution in [2.45, 2.75) is 78.7 Å². The molecule has 124 valence electrons. The maximum atomic E-state index is 8.78. The van der Waals surface area contributed by atoms with Crippen molar-refractivity contribution in [1.82, 2.24) is 5.32 Å². The minimum absolute atomic E-state index is 0.208. The Morgan fingerprint density at radius 2 is 1.95 bits per heavy atom. The second kappa shape index (κ2) is 8.62. The van der Waals surface area contributed by atoms with Crippen molar-refractivity contribution in [3.05, 3.63) is 0 Å². The van der Waals surface area contributed by atoms with E-state index < -0.39 is 0 Å². The molecule has 0 spiro atoms. The van der Waals surface area contributed by atoms with E-state index in [2.05, 4.69) is 24.3 Å². The monoisotopic (exact) mass is 297 g/mol. The zero-order valence-electron chi connectivity index (χ0n) is 14.4. The minimum atomic E-state index is -0.208. The summed E-state index contributed by atoms with van der Waals surface area (Å²) in [6.45, 7) is 9.85. The van der Waals surface area contributed by atoms with Crippen LogP contribution in [0.5, 0.6) is 0 Å². The molecule has 1 aliphatic carbocycles. The van der Waals surface area contributed by atoms with Gasteiger partial charge in [-0.1, -0.05) is 52.1 Å². The molecule has 4 heteroatoms. The molecule has 0 heterocycles. The molecule has 1 rings (SSSR count). The van der Waals surface area contributed by atoms with E-state index in [4.69, 9.17) is 10.9 Å². The van der Waals surface area contributed by atoms with E-state index in [1.54, 1.807) is 0 Å². The van der Waals surface area contributed by atoms with Gasteiger partial charge in [-0.3, -0.25) is 0 Å². The van der Waals surface area contributed by atoms with Crippen LogP contribution in [0.15, 0.2) is 5.16 Å². The van der Waals surface area contributed by atoms with Gasteiger partial charge < -0.3 is 16.3 Å². The maximum Gasteiger partial charge on any atom is 0.144 e. The SMILES string of the molecule is CC(C)C1CCCCC1NCCCCC(C)(C)C(N)=NO. The van der Waals surface area contributed by atoms with Crippen LogP contribution < -0.4 is 11.1 Å². The van der Waals surface area contributed by atoms with Crippen molar-refractivity contribution in [2.75, 3.05) is 6.54 Å². The second-order valence-corrected chi connectivity index (χ2v) is 7.58. The zero-order chi connectivity index (χ0) is 15.9. The fourth-order valence-corrected chi connectivity index (χ4v) is 3.45. The first-order chi connectivity index (χ1) is 9.88. The van der Waals surface area contributed by atoms with Crippen molar-refractivity contribution < 1.29 is 5.21 Å². The molecule has 2 atom stereocenters. The van der Waals surface area contributed by atoms with Gasteiger partial charge in [0.1, 0.15) is 5.84 Å². The lowest BCUT2D eigenvalue weighted by Crippen LogP contribution is -2.41. The summed E-state index contributed by atoms with van der Waals surface area (Å²) >= 11 is 0. The molecule has 0 aromatic rings. The molecule has 1 saturated carbocycles. The lowest BCUT2D eigenvalue weighted by Gasteiger charge is -2.35. The first-order valence-corrected chi connectivity index (χ1v) is 8.60. The summed E-state index contributed by atoms with van der Waals surface area (Å²) in [4.78, 5) is 0. The Hall–Kier alpha value is -0.770. The lowest BCUT2D eigenvalue weighted by molar-refractivity contribution is 0.205. The summed E-state index contributed by atoms with van der Waals surface area (Å²) in [6, 6.07) is 0.704. The Morgan fingerprint density at radius 3 is 2.57 bits per heavy atom. The van der Waals surface area contributed by atoms with Crippen molar-refractivity contribution >= 4 is 5.84 Å². The molecule has 21 heavy (non-hydrogen) atoms. The van der Waals surface area contributed by atoms with Crippen molar-refractivity contribution in [1.29, 1.82) is 0 Å². The van der Waals surface area contributed by atoms with Gasteiger partial charge in [0.15, 0.2) is 0 Å². The molecule has 2 unspecified atom stereocenters. The highest BCUT2D eigenvalue weighted by Crippen LogP contribution is 2.30. The van der Waals surface area contributed by atoms with Crippen LogP contribution in [0.1, 0.15) is 72.6 Å². The molecule has 0 radical (unpaired) electrons. The van der Waals surface area contributed by atoms with E-state index in [0.717, 1.165) is 37.6 Å². The van der Waals surface area contributed by atoms with Gasteiger partial charge in [-0.05, 0) is 44.1 Å². The van der Waals surface area contributed by atoms with Crippen molar-refractivity contribution in [3.8, 4) is 0 Å². The van der Waals surface area contributed by atoms with Gasteiger partial charge in [0.25, 0.3) is 0 Å². The first-order valence-electron chi connectivity index (χ1n) is 8.60. The Balaban J connectivity index is 2.24. The molecule has 1 fully saturated rings. The molecule has 1 aliphatic rings. The lowest BCUT2D eigenvalue weighted by atomic mass is 9.78. The predicted octanol–water partition coefficient (Wildman–Crippen LogP) is 3.73. The molecule has 0 aromatic heterocycles. The van der Waals surface area contributed by atoms with E-state index in [0.29, 0.717) is 11.9 Å². The fraction of sp³-hybridized carbons (Fsp3) is 0.941. The third kappa shape index (κ3) is 5.85. The first kappa shape index (κ1) is 18.3. The summed E-state index contributed by atoms with van der Waals surface area (Å²) in [7, 11) is 0. The summed E-state index contributed by atoms with van der Waals surface area (Å²) in [5.41, 5.74) is 5.51. The molecular formula is C17H35N3O. The fourth-order valence-electron chi connectivity index (χ4n) is 3.45. The van der Waals surface area contributed by atoms with Gasteiger partial charge in [0.2, 0.25) is 0 Å². The highest BCUT2D eigenvalue weighted by Gasteiger charge is 2.27. The molecule has 0 aliphatic heterocycles. The summed E-state index contributed by atoms with van der Waals surface area (Å²) < 4.78 is 0. The number of nitrogens with two attached hydrogens (primary N) is 1. The van der Waals surface area contributed by atoms with Crippen LogP contribution in [-0.2, 0) is 0 Å². The van der Waals surface area contributed by atoms with E-state index >= 15 is 0 Å². The molecule has 0 amide bonds. The van der Waals surface area contributed by atoms with Gasteiger partial charge in [0.05, 0.1) is 0 Å². The largest absolute Gasteiger partial charge is 0.409 e. The Labute approximate surface area is 130 Å². The number of unbranched alkanes of at least 4 members (excludes halogenated alkanes) is 1. The van der Waals surface area contributed by atoms with Crippen molar-refractivity contribution in [2.24, 2.45) is 28.1 Å². The molecule has 4 nitrogen and oxygen atoms in total. The van der Waals surface area contributed by atoms with Crippen LogP contribution in [0.2, 0.25) is 0 Å². The third-order valence-corrected chi connectivity index (χ3v) is 5.11. The molecule has 0 saturated heterocycles. The molecule has 0 bridgehead atoms. The second-order valence-electron chi connectivity index (χ2n) is 7.58. The summed E-state index contributed by atoms with van der Waals surface area (Å²) in [5.74, 6) is 1.96. The number of nitrogens with one attached hydrogen (secondary N) is 1.